The van der Waals surface area contributed by atoms with Crippen LogP contribution in [0.25, 0.3) is 10.9 Å². The zero-order valence-electron chi connectivity index (χ0n) is 11.2. The molecule has 3 aromatic rings. The number of nitrogen functional groups attached to an aromatic ring is 1. The molecule has 1 atom stereocenters. The number of nitrogens with one attached hydrogen (secondary N) is 1. The summed E-state index contributed by atoms with van der Waals surface area (Å²) < 4.78 is 3.89. The fraction of sp³-hybridized carbons (Fsp3) is 0.286. The van der Waals surface area contributed by atoms with Crippen molar-refractivity contribution in [1.82, 2.24) is 19.6 Å². The Hall–Kier alpha value is -2.50. The van der Waals surface area contributed by atoms with Crippen LogP contribution in [-0.4, -0.2) is 26.1 Å². The number of rotatable bonds is 1. The Bertz CT molecular complexity index is 784. The van der Waals surface area contributed by atoms with Gasteiger partial charge in [-0.15, -0.1) is 0 Å². The molecule has 4 rings (SSSR count). The van der Waals surface area contributed by atoms with E-state index in [1.165, 1.54) is 5.56 Å². The minimum atomic E-state index is 0.230. The molecule has 0 saturated heterocycles. The number of fused-ring (bicyclic) bond motifs is 3. The lowest BCUT2D eigenvalue weighted by molar-refractivity contribution is 0.485. The first kappa shape index (κ1) is 11.3. The summed E-state index contributed by atoms with van der Waals surface area (Å²) >= 11 is 0. The number of benzene rings is 1. The molecule has 102 valence electrons. The van der Waals surface area contributed by atoms with Gasteiger partial charge in [0.15, 0.2) is 0 Å². The summed E-state index contributed by atoms with van der Waals surface area (Å²) in [6, 6.07) is 6.07. The molecule has 3 heterocycles. The molecular formula is C14H16N6. The van der Waals surface area contributed by atoms with Gasteiger partial charge in [0.05, 0.1) is 17.8 Å². The van der Waals surface area contributed by atoms with Gasteiger partial charge >= 0.3 is 0 Å². The van der Waals surface area contributed by atoms with Crippen molar-refractivity contribution in [3.05, 3.63) is 36.2 Å². The molecule has 2 aromatic heterocycles. The monoisotopic (exact) mass is 268 g/mol. The molecule has 20 heavy (non-hydrogen) atoms. The predicted molar refractivity (Wildman–Crippen MR) is 78.6 cm³/mol. The Balaban J connectivity index is 1.90. The zero-order valence-corrected chi connectivity index (χ0v) is 11.2. The third kappa shape index (κ3) is 1.57. The van der Waals surface area contributed by atoms with E-state index in [2.05, 4.69) is 21.3 Å². The van der Waals surface area contributed by atoms with E-state index in [9.17, 15) is 0 Å². The maximum Gasteiger partial charge on any atom is 0.133 e. The minimum absolute atomic E-state index is 0.230. The summed E-state index contributed by atoms with van der Waals surface area (Å²) in [6.07, 6.45) is 4.98. The summed E-state index contributed by atoms with van der Waals surface area (Å²) in [5.74, 6) is 1.05. The number of hydrogen-bond acceptors (Lipinski definition) is 4. The molecule has 0 spiro atoms. The largest absolute Gasteiger partial charge is 0.399 e. The van der Waals surface area contributed by atoms with E-state index < -0.39 is 0 Å². The van der Waals surface area contributed by atoms with Gasteiger partial charge in [-0.3, -0.25) is 4.68 Å². The lowest BCUT2D eigenvalue weighted by Gasteiger charge is -2.25. The first-order valence-electron chi connectivity index (χ1n) is 6.72. The van der Waals surface area contributed by atoms with E-state index in [0.717, 1.165) is 35.4 Å². The highest BCUT2D eigenvalue weighted by Crippen LogP contribution is 2.34. The number of aromatic nitrogens is 4. The van der Waals surface area contributed by atoms with Crippen molar-refractivity contribution in [2.45, 2.75) is 12.5 Å². The van der Waals surface area contributed by atoms with Crippen LogP contribution in [0, 0.1) is 0 Å². The van der Waals surface area contributed by atoms with Gasteiger partial charge in [0.1, 0.15) is 5.82 Å². The SMILES string of the molecule is Cn1cc(C2CCNc3c4cc(N)ccc4nn32)cn1. The van der Waals surface area contributed by atoms with Gasteiger partial charge in [0.2, 0.25) is 0 Å². The van der Waals surface area contributed by atoms with Crippen LogP contribution in [0.3, 0.4) is 0 Å². The molecule has 0 radical (unpaired) electrons. The van der Waals surface area contributed by atoms with E-state index in [0.29, 0.717) is 0 Å². The fourth-order valence-electron chi connectivity index (χ4n) is 2.89. The van der Waals surface area contributed by atoms with Crippen molar-refractivity contribution in [3.63, 3.8) is 0 Å². The number of nitrogens with zero attached hydrogens (tertiary/aromatic N) is 4. The summed E-state index contributed by atoms with van der Waals surface area (Å²) in [6.45, 7) is 0.926. The quantitative estimate of drug-likeness (QED) is 0.659. The molecule has 1 aliphatic heterocycles. The maximum absolute atomic E-state index is 5.89. The van der Waals surface area contributed by atoms with Crippen LogP contribution >= 0.6 is 0 Å². The second kappa shape index (κ2) is 4.00. The number of nitrogens with two attached hydrogens (primary N) is 1. The van der Waals surface area contributed by atoms with Crippen molar-refractivity contribution in [1.29, 1.82) is 0 Å². The van der Waals surface area contributed by atoms with E-state index in [1.807, 2.05) is 36.1 Å². The highest BCUT2D eigenvalue weighted by molar-refractivity contribution is 5.92. The molecule has 0 aliphatic carbocycles. The second-order valence-corrected chi connectivity index (χ2v) is 5.25. The molecule has 0 saturated carbocycles. The van der Waals surface area contributed by atoms with Crippen LogP contribution in [0.15, 0.2) is 30.6 Å². The van der Waals surface area contributed by atoms with Gasteiger partial charge in [-0.05, 0) is 24.6 Å². The molecule has 6 heteroatoms. The van der Waals surface area contributed by atoms with E-state index in [1.54, 1.807) is 0 Å². The maximum atomic E-state index is 5.89. The van der Waals surface area contributed by atoms with Crippen LogP contribution in [0.1, 0.15) is 18.0 Å². The number of hydrogen-bond donors (Lipinski definition) is 2. The third-order valence-electron chi connectivity index (χ3n) is 3.84. The van der Waals surface area contributed by atoms with Gasteiger partial charge in [0, 0.05) is 36.4 Å². The smallest absolute Gasteiger partial charge is 0.133 e. The molecule has 1 unspecified atom stereocenters. The highest BCUT2D eigenvalue weighted by Gasteiger charge is 2.25. The second-order valence-electron chi connectivity index (χ2n) is 5.25. The standard InChI is InChI=1S/C14H16N6/c1-19-8-9(7-17-19)13-4-5-16-14-11-6-10(15)2-3-12(11)18-20(13)14/h2-3,6-8,13,16H,4-5,15H2,1H3. The normalized spacial score (nSPS) is 17.9. The average molecular weight is 268 g/mol. The topological polar surface area (TPSA) is 73.7 Å². The molecule has 0 bridgehead atoms. The van der Waals surface area contributed by atoms with Gasteiger partial charge in [-0.2, -0.15) is 10.2 Å². The van der Waals surface area contributed by atoms with Gasteiger partial charge < -0.3 is 11.1 Å². The summed E-state index contributed by atoms with van der Waals surface area (Å²) in [4.78, 5) is 0. The van der Waals surface area contributed by atoms with E-state index >= 15 is 0 Å². The Labute approximate surface area is 116 Å². The van der Waals surface area contributed by atoms with Crippen LogP contribution in [0.2, 0.25) is 0 Å². The van der Waals surface area contributed by atoms with Crippen LogP contribution < -0.4 is 11.1 Å². The van der Waals surface area contributed by atoms with Crippen LogP contribution in [0.5, 0.6) is 0 Å². The molecule has 1 aliphatic rings. The van der Waals surface area contributed by atoms with Gasteiger partial charge in [-0.25, -0.2) is 4.68 Å². The Morgan fingerprint density at radius 2 is 2.30 bits per heavy atom. The third-order valence-corrected chi connectivity index (χ3v) is 3.84. The number of aryl methyl sites for hydroxylation is 1. The van der Waals surface area contributed by atoms with Crippen molar-refractivity contribution < 1.29 is 0 Å². The lowest BCUT2D eigenvalue weighted by Crippen LogP contribution is -2.24. The fourth-order valence-corrected chi connectivity index (χ4v) is 2.89. The molecular weight excluding hydrogens is 252 g/mol. The van der Waals surface area contributed by atoms with Gasteiger partial charge in [0.25, 0.3) is 0 Å². The van der Waals surface area contributed by atoms with Crippen molar-refractivity contribution in [3.8, 4) is 0 Å². The molecule has 0 amide bonds. The van der Waals surface area contributed by atoms with E-state index in [4.69, 9.17) is 10.8 Å². The first-order valence-corrected chi connectivity index (χ1v) is 6.72. The summed E-state index contributed by atoms with van der Waals surface area (Å²) in [5.41, 5.74) is 8.81. The Morgan fingerprint density at radius 3 is 3.10 bits per heavy atom. The lowest BCUT2D eigenvalue weighted by atomic mass is 10.1. The molecule has 3 N–H and O–H groups in total. The predicted octanol–water partition coefficient (Wildman–Crippen LogP) is 1.76. The molecule has 0 fully saturated rings. The van der Waals surface area contributed by atoms with Gasteiger partial charge in [-0.1, -0.05) is 0 Å². The van der Waals surface area contributed by atoms with Crippen molar-refractivity contribution in [2.24, 2.45) is 7.05 Å². The first-order chi connectivity index (χ1) is 9.72. The minimum Gasteiger partial charge on any atom is -0.399 e. The van der Waals surface area contributed by atoms with Crippen molar-refractivity contribution in [2.75, 3.05) is 17.6 Å². The average Bonchev–Trinajstić information content (AvgIpc) is 3.02. The summed E-state index contributed by atoms with van der Waals surface area (Å²) in [7, 11) is 1.94. The van der Waals surface area contributed by atoms with Crippen molar-refractivity contribution >= 4 is 22.4 Å². The van der Waals surface area contributed by atoms with Crippen LogP contribution in [-0.2, 0) is 7.05 Å². The van der Waals surface area contributed by atoms with Crippen LogP contribution in [0.4, 0.5) is 11.5 Å². The number of anilines is 2. The zero-order chi connectivity index (χ0) is 13.7. The Kier molecular flexibility index (Phi) is 2.26. The van der Waals surface area contributed by atoms with E-state index in [-0.39, 0.29) is 6.04 Å². The molecule has 6 nitrogen and oxygen atoms in total. The summed E-state index contributed by atoms with van der Waals surface area (Å²) in [5, 5.41) is 13.5. The molecule has 1 aromatic carbocycles. The highest BCUT2D eigenvalue weighted by atomic mass is 15.4. The Morgan fingerprint density at radius 1 is 1.40 bits per heavy atom.